The Morgan fingerprint density at radius 3 is 2.68 bits per heavy atom. The number of hydrogen-bond donors (Lipinski definition) is 0. The first-order chi connectivity index (χ1) is 10.4. The lowest BCUT2D eigenvalue weighted by Crippen LogP contribution is -2.36. The molecule has 3 rings (SSSR count). The number of allylic oxidation sites excluding steroid dienone is 2. The minimum Gasteiger partial charge on any atom is -0.408 e. The molecule has 1 amide bonds. The van der Waals surface area contributed by atoms with Crippen LogP contribution in [0.2, 0.25) is 0 Å². The second kappa shape index (κ2) is 4.70. The van der Waals surface area contributed by atoms with Crippen molar-refractivity contribution in [3.05, 3.63) is 40.0 Å². The lowest BCUT2D eigenvalue weighted by molar-refractivity contribution is -0.125. The molecule has 0 atom stereocenters. The number of carbonyl (C=O) groups is 2. The normalized spacial score (nSPS) is 15.6. The van der Waals surface area contributed by atoms with Gasteiger partial charge in [0.15, 0.2) is 11.4 Å². The minimum absolute atomic E-state index is 0.0331. The maximum absolute atomic E-state index is 12.1. The van der Waals surface area contributed by atoms with Crippen molar-refractivity contribution in [1.82, 2.24) is 4.57 Å². The number of nitriles is 1. The molecule has 1 aliphatic rings. The first-order valence-corrected chi connectivity index (χ1v) is 6.50. The van der Waals surface area contributed by atoms with Gasteiger partial charge in [-0.3, -0.25) is 19.1 Å². The van der Waals surface area contributed by atoms with Crippen LogP contribution < -0.4 is 10.7 Å². The molecular weight excluding hydrogens is 286 g/mol. The van der Waals surface area contributed by atoms with E-state index in [9.17, 15) is 14.4 Å². The third-order valence-corrected chi connectivity index (χ3v) is 3.68. The van der Waals surface area contributed by atoms with Crippen molar-refractivity contribution in [3.8, 4) is 6.07 Å². The predicted molar refractivity (Wildman–Crippen MR) is 76.9 cm³/mol. The van der Waals surface area contributed by atoms with Crippen molar-refractivity contribution in [2.75, 3.05) is 4.90 Å². The molecule has 0 aliphatic carbocycles. The van der Waals surface area contributed by atoms with Crippen LogP contribution >= 0.6 is 0 Å². The molecule has 0 saturated heterocycles. The molecular formula is C15H11N3O4. The molecule has 22 heavy (non-hydrogen) atoms. The molecule has 7 nitrogen and oxygen atoms in total. The van der Waals surface area contributed by atoms with E-state index in [4.69, 9.17) is 9.68 Å². The van der Waals surface area contributed by atoms with Gasteiger partial charge in [-0.25, -0.2) is 4.79 Å². The summed E-state index contributed by atoms with van der Waals surface area (Å²) in [5.74, 6) is -1.40. The van der Waals surface area contributed by atoms with E-state index in [0.717, 1.165) is 0 Å². The second-order valence-corrected chi connectivity index (χ2v) is 4.98. The monoisotopic (exact) mass is 297 g/mol. The predicted octanol–water partition coefficient (Wildman–Crippen LogP) is 1.23. The van der Waals surface area contributed by atoms with Gasteiger partial charge in [-0.05, 0) is 19.1 Å². The lowest BCUT2D eigenvalue weighted by Gasteiger charge is -2.27. The Morgan fingerprint density at radius 2 is 2.00 bits per heavy atom. The SMILES string of the molecule is CC1=C(C#N)C(=O)CC(=O)N1c1ccc2c(c1)oc(=O)n2C. The fraction of sp³-hybridized carbons (Fsp3) is 0.200. The summed E-state index contributed by atoms with van der Waals surface area (Å²) in [7, 11) is 1.58. The quantitative estimate of drug-likeness (QED) is 0.738. The number of Topliss-reactive ketones (excluding diaryl/α,β-unsaturated/α-hetero) is 1. The second-order valence-electron chi connectivity index (χ2n) is 4.98. The summed E-state index contributed by atoms with van der Waals surface area (Å²) >= 11 is 0. The largest absolute Gasteiger partial charge is 0.419 e. The number of oxazole rings is 1. The summed E-state index contributed by atoms with van der Waals surface area (Å²) in [5.41, 5.74) is 1.62. The van der Waals surface area contributed by atoms with E-state index < -0.39 is 17.4 Å². The number of benzene rings is 1. The van der Waals surface area contributed by atoms with Gasteiger partial charge < -0.3 is 4.42 Å². The minimum atomic E-state index is -0.503. The molecule has 110 valence electrons. The van der Waals surface area contributed by atoms with E-state index in [0.29, 0.717) is 16.8 Å². The fourth-order valence-corrected chi connectivity index (χ4v) is 2.55. The Hall–Kier alpha value is -3.14. The average molecular weight is 297 g/mol. The van der Waals surface area contributed by atoms with Crippen molar-refractivity contribution >= 4 is 28.5 Å². The van der Waals surface area contributed by atoms with Crippen LogP contribution in [-0.2, 0) is 16.6 Å². The Kier molecular flexibility index (Phi) is 2.95. The van der Waals surface area contributed by atoms with E-state index in [-0.39, 0.29) is 17.7 Å². The van der Waals surface area contributed by atoms with Crippen LogP contribution in [0.1, 0.15) is 13.3 Å². The summed E-state index contributed by atoms with van der Waals surface area (Å²) in [4.78, 5) is 36.7. The fourth-order valence-electron chi connectivity index (χ4n) is 2.55. The Labute approximate surface area is 124 Å². The van der Waals surface area contributed by atoms with Crippen LogP contribution in [-0.4, -0.2) is 16.3 Å². The summed E-state index contributed by atoms with van der Waals surface area (Å²) in [6.07, 6.45) is -0.350. The van der Waals surface area contributed by atoms with E-state index >= 15 is 0 Å². The molecule has 0 fully saturated rings. The van der Waals surface area contributed by atoms with Crippen LogP contribution in [0.3, 0.4) is 0 Å². The standard InChI is InChI=1S/C15H11N3O4/c1-8-10(7-16)12(19)6-14(20)18(8)9-3-4-11-13(5-9)22-15(21)17(11)2/h3-5H,6H2,1-2H3. The van der Waals surface area contributed by atoms with Crippen molar-refractivity contribution in [2.24, 2.45) is 7.05 Å². The molecule has 7 heteroatoms. The van der Waals surface area contributed by atoms with Gasteiger partial charge in [0, 0.05) is 18.8 Å². The molecule has 0 N–H and O–H groups in total. The Bertz CT molecular complexity index is 955. The first kappa shape index (κ1) is 13.8. The number of rotatable bonds is 1. The van der Waals surface area contributed by atoms with Crippen LogP contribution in [0.25, 0.3) is 11.1 Å². The van der Waals surface area contributed by atoms with Gasteiger partial charge in [-0.1, -0.05) is 0 Å². The zero-order valence-electron chi connectivity index (χ0n) is 11.9. The molecule has 0 spiro atoms. The highest BCUT2D eigenvalue weighted by Crippen LogP contribution is 2.29. The van der Waals surface area contributed by atoms with Gasteiger partial charge >= 0.3 is 5.76 Å². The molecule has 0 unspecified atom stereocenters. The number of nitrogens with zero attached hydrogens (tertiary/aromatic N) is 3. The van der Waals surface area contributed by atoms with E-state index in [1.165, 1.54) is 9.47 Å². The zero-order valence-corrected chi connectivity index (χ0v) is 11.9. The Morgan fingerprint density at radius 1 is 1.27 bits per heavy atom. The van der Waals surface area contributed by atoms with E-state index in [1.54, 1.807) is 32.2 Å². The van der Waals surface area contributed by atoms with Crippen molar-refractivity contribution in [2.45, 2.75) is 13.3 Å². The molecule has 2 heterocycles. The Balaban J connectivity index is 2.20. The highest BCUT2D eigenvalue weighted by Gasteiger charge is 2.31. The van der Waals surface area contributed by atoms with Crippen LogP contribution in [0.4, 0.5) is 5.69 Å². The summed E-state index contributed by atoms with van der Waals surface area (Å²) in [5, 5.41) is 9.06. The van der Waals surface area contributed by atoms with E-state index in [1.807, 2.05) is 6.07 Å². The maximum atomic E-state index is 12.1. The van der Waals surface area contributed by atoms with Gasteiger partial charge in [0.2, 0.25) is 5.91 Å². The van der Waals surface area contributed by atoms with Gasteiger partial charge in [0.25, 0.3) is 0 Å². The van der Waals surface area contributed by atoms with Crippen LogP contribution in [0.5, 0.6) is 0 Å². The summed E-state index contributed by atoms with van der Waals surface area (Å²) in [6, 6.07) is 6.67. The molecule has 0 bridgehead atoms. The third-order valence-electron chi connectivity index (χ3n) is 3.68. The number of hydrogen-bond acceptors (Lipinski definition) is 5. The number of amides is 1. The van der Waals surface area contributed by atoms with Gasteiger partial charge in [-0.15, -0.1) is 0 Å². The van der Waals surface area contributed by atoms with Crippen molar-refractivity contribution in [3.63, 3.8) is 0 Å². The van der Waals surface area contributed by atoms with E-state index in [2.05, 4.69) is 0 Å². The number of anilines is 1. The van der Waals surface area contributed by atoms with Crippen molar-refractivity contribution in [1.29, 1.82) is 5.26 Å². The highest BCUT2D eigenvalue weighted by atomic mass is 16.4. The topological polar surface area (TPSA) is 96.3 Å². The number of ketones is 1. The summed E-state index contributed by atoms with van der Waals surface area (Å²) < 4.78 is 6.45. The molecule has 1 aromatic carbocycles. The summed E-state index contributed by atoms with van der Waals surface area (Å²) in [6.45, 7) is 1.54. The third kappa shape index (κ3) is 1.85. The molecule has 2 aromatic rings. The lowest BCUT2D eigenvalue weighted by atomic mass is 10.0. The zero-order chi connectivity index (χ0) is 16.0. The van der Waals surface area contributed by atoms with Gasteiger partial charge in [-0.2, -0.15) is 5.26 Å². The number of aromatic nitrogens is 1. The number of carbonyl (C=O) groups excluding carboxylic acids is 2. The molecule has 1 aliphatic heterocycles. The molecule has 0 saturated carbocycles. The first-order valence-electron chi connectivity index (χ1n) is 6.50. The van der Waals surface area contributed by atoms with Crippen molar-refractivity contribution < 1.29 is 14.0 Å². The number of fused-ring (bicyclic) bond motifs is 1. The van der Waals surface area contributed by atoms with Crippen LogP contribution in [0, 0.1) is 11.3 Å². The molecule has 0 radical (unpaired) electrons. The average Bonchev–Trinajstić information content (AvgIpc) is 2.73. The number of aryl methyl sites for hydroxylation is 1. The smallest absolute Gasteiger partial charge is 0.408 e. The highest BCUT2D eigenvalue weighted by molar-refractivity contribution is 6.18. The maximum Gasteiger partial charge on any atom is 0.419 e. The van der Waals surface area contributed by atoms with Crippen LogP contribution in [0.15, 0.2) is 38.7 Å². The molecule has 1 aromatic heterocycles. The van der Waals surface area contributed by atoms with Gasteiger partial charge in [0.05, 0.1) is 17.6 Å². The van der Waals surface area contributed by atoms with Gasteiger partial charge in [0.1, 0.15) is 11.6 Å².